The summed E-state index contributed by atoms with van der Waals surface area (Å²) in [5, 5.41) is 6.71. The van der Waals surface area contributed by atoms with Gasteiger partial charge in [0, 0.05) is 25.7 Å². The van der Waals surface area contributed by atoms with Gasteiger partial charge in [0.15, 0.2) is 0 Å². The standard InChI is InChI=1S/C15H27N5/c1-4-6-13-14(16-3)18-11-19-15(13)17-9-12-7-8-20(5-2)10-12/h11-12H,4-10H2,1-3H3,(H2,16,17,18,19). The fourth-order valence-corrected chi connectivity index (χ4v) is 2.87. The van der Waals surface area contributed by atoms with Gasteiger partial charge in [-0.05, 0) is 31.8 Å². The van der Waals surface area contributed by atoms with Gasteiger partial charge in [-0.25, -0.2) is 9.97 Å². The van der Waals surface area contributed by atoms with Crippen molar-refractivity contribution in [3.8, 4) is 0 Å². The summed E-state index contributed by atoms with van der Waals surface area (Å²) in [6.45, 7) is 9.03. The van der Waals surface area contributed by atoms with E-state index in [4.69, 9.17) is 0 Å². The minimum Gasteiger partial charge on any atom is -0.373 e. The van der Waals surface area contributed by atoms with Crippen LogP contribution < -0.4 is 10.6 Å². The zero-order valence-electron chi connectivity index (χ0n) is 12.9. The zero-order chi connectivity index (χ0) is 14.4. The monoisotopic (exact) mass is 277 g/mol. The maximum atomic E-state index is 4.43. The molecule has 1 atom stereocenters. The molecule has 0 spiro atoms. The first-order chi connectivity index (χ1) is 9.78. The number of rotatable bonds is 7. The maximum Gasteiger partial charge on any atom is 0.134 e. The van der Waals surface area contributed by atoms with Crippen LogP contribution in [0.3, 0.4) is 0 Å². The molecule has 1 unspecified atom stereocenters. The highest BCUT2D eigenvalue weighted by Gasteiger charge is 2.21. The SMILES string of the molecule is CCCc1c(NC)ncnc1NCC1CCN(CC)C1. The van der Waals surface area contributed by atoms with Gasteiger partial charge in [-0.3, -0.25) is 0 Å². The lowest BCUT2D eigenvalue weighted by Gasteiger charge is -2.17. The van der Waals surface area contributed by atoms with Crippen LogP contribution in [0.4, 0.5) is 11.6 Å². The summed E-state index contributed by atoms with van der Waals surface area (Å²) in [7, 11) is 1.92. The summed E-state index contributed by atoms with van der Waals surface area (Å²) >= 11 is 0. The largest absolute Gasteiger partial charge is 0.373 e. The number of aromatic nitrogens is 2. The van der Waals surface area contributed by atoms with Crippen LogP contribution in [-0.2, 0) is 6.42 Å². The van der Waals surface area contributed by atoms with Gasteiger partial charge >= 0.3 is 0 Å². The first-order valence-electron chi connectivity index (χ1n) is 7.76. The molecule has 1 saturated heterocycles. The second-order valence-corrected chi connectivity index (χ2v) is 5.48. The molecule has 1 aliphatic heterocycles. The summed E-state index contributed by atoms with van der Waals surface area (Å²) in [4.78, 5) is 11.3. The van der Waals surface area contributed by atoms with Gasteiger partial charge in [0.25, 0.3) is 0 Å². The van der Waals surface area contributed by atoms with Crippen LogP contribution in [-0.4, -0.2) is 48.1 Å². The van der Waals surface area contributed by atoms with Crippen LogP contribution in [0.5, 0.6) is 0 Å². The van der Waals surface area contributed by atoms with E-state index < -0.39 is 0 Å². The van der Waals surface area contributed by atoms with Crippen molar-refractivity contribution >= 4 is 11.6 Å². The normalized spacial score (nSPS) is 19.2. The van der Waals surface area contributed by atoms with Crippen molar-refractivity contribution in [1.82, 2.24) is 14.9 Å². The van der Waals surface area contributed by atoms with Gasteiger partial charge in [-0.15, -0.1) is 0 Å². The molecule has 2 heterocycles. The molecule has 0 saturated carbocycles. The second-order valence-electron chi connectivity index (χ2n) is 5.48. The number of nitrogens with zero attached hydrogens (tertiary/aromatic N) is 3. The molecule has 1 aromatic rings. The van der Waals surface area contributed by atoms with Gasteiger partial charge < -0.3 is 15.5 Å². The quantitative estimate of drug-likeness (QED) is 0.800. The van der Waals surface area contributed by atoms with Crippen LogP contribution in [0.15, 0.2) is 6.33 Å². The van der Waals surface area contributed by atoms with E-state index in [1.165, 1.54) is 25.1 Å². The van der Waals surface area contributed by atoms with Crippen LogP contribution in [0.2, 0.25) is 0 Å². The predicted octanol–water partition coefficient (Wildman–Crippen LogP) is 2.22. The molecule has 5 heteroatoms. The van der Waals surface area contributed by atoms with Crippen LogP contribution >= 0.6 is 0 Å². The third-order valence-electron chi connectivity index (χ3n) is 4.06. The summed E-state index contributed by atoms with van der Waals surface area (Å²) in [5.41, 5.74) is 1.21. The first-order valence-corrected chi connectivity index (χ1v) is 7.76. The number of likely N-dealkylation sites (tertiary alicyclic amines) is 1. The molecular weight excluding hydrogens is 250 g/mol. The highest BCUT2D eigenvalue weighted by molar-refractivity contribution is 5.57. The minimum absolute atomic E-state index is 0.734. The minimum atomic E-state index is 0.734. The molecule has 5 nitrogen and oxygen atoms in total. The molecule has 2 N–H and O–H groups in total. The maximum absolute atomic E-state index is 4.43. The van der Waals surface area contributed by atoms with Crippen LogP contribution in [0.25, 0.3) is 0 Å². The Hall–Kier alpha value is -1.36. The van der Waals surface area contributed by atoms with Crippen molar-refractivity contribution in [2.75, 3.05) is 43.9 Å². The lowest BCUT2D eigenvalue weighted by Crippen LogP contribution is -2.23. The van der Waals surface area contributed by atoms with E-state index in [9.17, 15) is 0 Å². The Morgan fingerprint density at radius 3 is 2.75 bits per heavy atom. The lowest BCUT2D eigenvalue weighted by atomic mass is 10.1. The van der Waals surface area contributed by atoms with Crippen molar-refractivity contribution in [1.29, 1.82) is 0 Å². The third-order valence-corrected chi connectivity index (χ3v) is 4.06. The molecule has 0 radical (unpaired) electrons. The van der Waals surface area contributed by atoms with E-state index >= 15 is 0 Å². The topological polar surface area (TPSA) is 53.1 Å². The van der Waals surface area contributed by atoms with Gasteiger partial charge in [-0.2, -0.15) is 0 Å². The Morgan fingerprint density at radius 2 is 2.10 bits per heavy atom. The highest BCUT2D eigenvalue weighted by Crippen LogP contribution is 2.22. The number of hydrogen-bond acceptors (Lipinski definition) is 5. The average Bonchev–Trinajstić information content (AvgIpc) is 2.94. The zero-order valence-corrected chi connectivity index (χ0v) is 12.9. The van der Waals surface area contributed by atoms with Crippen molar-refractivity contribution in [2.45, 2.75) is 33.1 Å². The third kappa shape index (κ3) is 3.60. The van der Waals surface area contributed by atoms with E-state index in [2.05, 4.69) is 39.3 Å². The van der Waals surface area contributed by atoms with Crippen LogP contribution in [0, 0.1) is 5.92 Å². The van der Waals surface area contributed by atoms with Crippen LogP contribution in [0.1, 0.15) is 32.3 Å². The van der Waals surface area contributed by atoms with Crippen molar-refractivity contribution in [3.05, 3.63) is 11.9 Å². The summed E-state index contributed by atoms with van der Waals surface area (Å²) in [5.74, 6) is 2.68. The van der Waals surface area contributed by atoms with Gasteiger partial charge in [-0.1, -0.05) is 20.3 Å². The van der Waals surface area contributed by atoms with E-state index in [1.807, 2.05) is 7.05 Å². The van der Waals surface area contributed by atoms with Gasteiger partial charge in [0.1, 0.15) is 18.0 Å². The Balaban J connectivity index is 1.98. The van der Waals surface area contributed by atoms with E-state index in [1.54, 1.807) is 6.33 Å². The van der Waals surface area contributed by atoms with E-state index in [0.717, 1.165) is 43.5 Å². The molecule has 1 aromatic heterocycles. The predicted molar refractivity (Wildman–Crippen MR) is 84.3 cm³/mol. The second kappa shape index (κ2) is 7.43. The highest BCUT2D eigenvalue weighted by atomic mass is 15.1. The molecule has 0 bridgehead atoms. The molecule has 0 aromatic carbocycles. The van der Waals surface area contributed by atoms with Gasteiger partial charge in [0.05, 0.1) is 0 Å². The van der Waals surface area contributed by atoms with Crippen molar-refractivity contribution in [2.24, 2.45) is 5.92 Å². The van der Waals surface area contributed by atoms with Crippen molar-refractivity contribution < 1.29 is 0 Å². The molecule has 2 rings (SSSR count). The van der Waals surface area contributed by atoms with E-state index in [-0.39, 0.29) is 0 Å². The molecule has 20 heavy (non-hydrogen) atoms. The summed E-state index contributed by atoms with van der Waals surface area (Å²) in [6.07, 6.45) is 5.03. The Labute approximate surface area is 122 Å². The Kier molecular flexibility index (Phi) is 5.59. The number of anilines is 2. The van der Waals surface area contributed by atoms with Crippen molar-refractivity contribution in [3.63, 3.8) is 0 Å². The fraction of sp³-hybridized carbons (Fsp3) is 0.733. The molecular formula is C15H27N5. The molecule has 0 amide bonds. The molecule has 0 aliphatic carbocycles. The smallest absolute Gasteiger partial charge is 0.134 e. The summed E-state index contributed by atoms with van der Waals surface area (Å²) in [6, 6.07) is 0. The van der Waals surface area contributed by atoms with Gasteiger partial charge in [0.2, 0.25) is 0 Å². The lowest BCUT2D eigenvalue weighted by molar-refractivity contribution is 0.345. The Morgan fingerprint density at radius 1 is 1.30 bits per heavy atom. The molecule has 1 fully saturated rings. The molecule has 1 aliphatic rings. The first kappa shape index (κ1) is 15.0. The summed E-state index contributed by atoms with van der Waals surface area (Å²) < 4.78 is 0. The Bertz CT molecular complexity index is 421. The number of hydrogen-bond donors (Lipinski definition) is 2. The molecule has 112 valence electrons. The average molecular weight is 277 g/mol. The fourth-order valence-electron chi connectivity index (χ4n) is 2.87. The number of nitrogens with one attached hydrogen (secondary N) is 2. The van der Waals surface area contributed by atoms with E-state index in [0.29, 0.717) is 0 Å².